The van der Waals surface area contributed by atoms with E-state index in [1.807, 2.05) is 11.8 Å². The van der Waals surface area contributed by atoms with Gasteiger partial charge in [0.25, 0.3) is 5.91 Å². The zero-order valence-electron chi connectivity index (χ0n) is 16.6. The van der Waals surface area contributed by atoms with Crippen LogP contribution in [0.1, 0.15) is 52.2 Å². The molecule has 5 heteroatoms. The normalized spacial score (nSPS) is 19.0. The van der Waals surface area contributed by atoms with Gasteiger partial charge in [0.1, 0.15) is 9.88 Å². The first kappa shape index (κ1) is 18.6. The van der Waals surface area contributed by atoms with E-state index < -0.39 is 0 Å². The first-order valence-electron chi connectivity index (χ1n) is 10.1. The molecule has 1 saturated carbocycles. The highest BCUT2D eigenvalue weighted by Gasteiger charge is 2.29. The van der Waals surface area contributed by atoms with Crippen LogP contribution in [0.3, 0.4) is 0 Å². The summed E-state index contributed by atoms with van der Waals surface area (Å²) in [6.45, 7) is 9.92. The summed E-state index contributed by atoms with van der Waals surface area (Å²) in [5.41, 5.74) is 4.51. The molecule has 2 aromatic rings. The summed E-state index contributed by atoms with van der Waals surface area (Å²) in [5.74, 6) is 0.160. The third-order valence-electron chi connectivity index (χ3n) is 6.27. The summed E-state index contributed by atoms with van der Waals surface area (Å²) in [4.78, 5) is 23.3. The summed E-state index contributed by atoms with van der Waals surface area (Å²) in [7, 11) is 0. The van der Waals surface area contributed by atoms with Crippen molar-refractivity contribution in [1.29, 1.82) is 0 Å². The van der Waals surface area contributed by atoms with E-state index in [0.717, 1.165) is 53.4 Å². The smallest absolute Gasteiger partial charge is 0.265 e. The van der Waals surface area contributed by atoms with Gasteiger partial charge in [-0.3, -0.25) is 9.69 Å². The lowest BCUT2D eigenvalue weighted by Crippen LogP contribution is -2.51. The topological polar surface area (TPSA) is 36.4 Å². The number of thiazole rings is 1. The highest BCUT2D eigenvalue weighted by molar-refractivity contribution is 7.17. The van der Waals surface area contributed by atoms with Crippen LogP contribution < -0.4 is 0 Å². The molecule has 1 saturated heterocycles. The van der Waals surface area contributed by atoms with Crippen molar-refractivity contribution in [3.63, 3.8) is 0 Å². The molecule has 2 aliphatic rings. The van der Waals surface area contributed by atoms with E-state index in [0.29, 0.717) is 0 Å². The van der Waals surface area contributed by atoms with Gasteiger partial charge in [0, 0.05) is 37.8 Å². The van der Waals surface area contributed by atoms with Gasteiger partial charge in [0.05, 0.1) is 5.69 Å². The first-order chi connectivity index (χ1) is 13.0. The van der Waals surface area contributed by atoms with Crippen LogP contribution in [0.4, 0.5) is 0 Å². The molecule has 1 amide bonds. The number of carbonyl (C=O) groups is 1. The lowest BCUT2D eigenvalue weighted by atomic mass is 10.0. The molecule has 1 aliphatic carbocycles. The number of carbonyl (C=O) groups excluding carboxylic acids is 1. The van der Waals surface area contributed by atoms with Gasteiger partial charge in [0.15, 0.2) is 0 Å². The van der Waals surface area contributed by atoms with Crippen molar-refractivity contribution >= 4 is 17.2 Å². The van der Waals surface area contributed by atoms with Crippen LogP contribution in [0.15, 0.2) is 18.2 Å². The van der Waals surface area contributed by atoms with Crippen LogP contribution in [0, 0.1) is 20.8 Å². The molecular formula is C22H29N3OS. The third kappa shape index (κ3) is 3.67. The van der Waals surface area contributed by atoms with Crippen LogP contribution in [0.5, 0.6) is 0 Å². The van der Waals surface area contributed by atoms with Crippen LogP contribution >= 0.6 is 11.3 Å². The molecule has 0 spiro atoms. The SMILES string of the molecule is Cc1cccc(-c2nc(C)c(C(=O)N3CCN(C4CCCC4)CC3)s2)c1C. The molecule has 1 aliphatic heterocycles. The number of aryl methyl sites for hydroxylation is 2. The fraction of sp³-hybridized carbons (Fsp3) is 0.545. The zero-order chi connectivity index (χ0) is 19.0. The average molecular weight is 384 g/mol. The molecule has 2 heterocycles. The van der Waals surface area contributed by atoms with Crippen molar-refractivity contribution < 1.29 is 4.79 Å². The van der Waals surface area contributed by atoms with E-state index in [1.165, 1.54) is 36.8 Å². The van der Waals surface area contributed by atoms with Gasteiger partial charge in [-0.2, -0.15) is 0 Å². The zero-order valence-corrected chi connectivity index (χ0v) is 17.4. The van der Waals surface area contributed by atoms with Gasteiger partial charge in [-0.05, 0) is 44.7 Å². The Hall–Kier alpha value is -1.72. The monoisotopic (exact) mass is 383 g/mol. The fourth-order valence-electron chi connectivity index (χ4n) is 4.40. The number of benzene rings is 1. The van der Waals surface area contributed by atoms with Crippen molar-refractivity contribution in [3.05, 3.63) is 39.9 Å². The van der Waals surface area contributed by atoms with Gasteiger partial charge in [0.2, 0.25) is 0 Å². The Morgan fingerprint density at radius 1 is 1.07 bits per heavy atom. The second-order valence-corrected chi connectivity index (χ2v) is 8.95. The average Bonchev–Trinajstić information content (AvgIpc) is 3.33. The van der Waals surface area contributed by atoms with Gasteiger partial charge < -0.3 is 4.90 Å². The number of piperazine rings is 1. The van der Waals surface area contributed by atoms with Crippen molar-refractivity contribution in [2.75, 3.05) is 26.2 Å². The van der Waals surface area contributed by atoms with Crippen LogP contribution in [-0.2, 0) is 0 Å². The van der Waals surface area contributed by atoms with Crippen molar-refractivity contribution in [1.82, 2.24) is 14.8 Å². The minimum absolute atomic E-state index is 0.160. The lowest BCUT2D eigenvalue weighted by Gasteiger charge is -2.37. The summed E-state index contributed by atoms with van der Waals surface area (Å²) >= 11 is 1.55. The van der Waals surface area contributed by atoms with Crippen molar-refractivity contribution in [2.45, 2.75) is 52.5 Å². The van der Waals surface area contributed by atoms with E-state index in [2.05, 4.69) is 36.9 Å². The van der Waals surface area contributed by atoms with Gasteiger partial charge >= 0.3 is 0 Å². The van der Waals surface area contributed by atoms with E-state index in [9.17, 15) is 4.79 Å². The van der Waals surface area contributed by atoms with Crippen molar-refractivity contribution in [2.24, 2.45) is 0 Å². The molecule has 2 fully saturated rings. The quantitative estimate of drug-likeness (QED) is 0.786. The highest BCUT2D eigenvalue weighted by atomic mass is 32.1. The molecule has 0 atom stereocenters. The standard InChI is InChI=1S/C22H29N3OS/c1-15-7-6-10-19(16(15)2)21-23-17(3)20(27-21)22(26)25-13-11-24(12-14-25)18-8-4-5-9-18/h6-7,10,18H,4-5,8-9,11-14H2,1-3H3. The largest absolute Gasteiger partial charge is 0.335 e. The number of amides is 1. The maximum absolute atomic E-state index is 13.1. The van der Waals surface area contributed by atoms with Gasteiger partial charge in [-0.1, -0.05) is 31.0 Å². The van der Waals surface area contributed by atoms with E-state index in [-0.39, 0.29) is 5.91 Å². The molecule has 144 valence electrons. The Kier molecular flexibility index (Phi) is 5.33. The molecule has 1 aromatic carbocycles. The molecule has 27 heavy (non-hydrogen) atoms. The Balaban J connectivity index is 1.48. The molecule has 0 N–H and O–H groups in total. The molecule has 4 nitrogen and oxygen atoms in total. The number of aromatic nitrogens is 1. The molecular weight excluding hydrogens is 354 g/mol. The molecule has 1 aromatic heterocycles. The first-order valence-corrected chi connectivity index (χ1v) is 10.9. The highest BCUT2D eigenvalue weighted by Crippen LogP contribution is 2.32. The van der Waals surface area contributed by atoms with E-state index in [4.69, 9.17) is 4.98 Å². The van der Waals surface area contributed by atoms with Gasteiger partial charge in [-0.25, -0.2) is 4.98 Å². The van der Waals surface area contributed by atoms with Crippen LogP contribution in [0.2, 0.25) is 0 Å². The number of hydrogen-bond acceptors (Lipinski definition) is 4. The molecule has 0 radical (unpaired) electrons. The minimum Gasteiger partial charge on any atom is -0.335 e. The summed E-state index contributed by atoms with van der Waals surface area (Å²) in [5, 5.41) is 0.960. The Labute approximate surface area is 166 Å². The summed E-state index contributed by atoms with van der Waals surface area (Å²) in [6.07, 6.45) is 5.40. The Morgan fingerprint density at radius 2 is 1.78 bits per heavy atom. The summed E-state index contributed by atoms with van der Waals surface area (Å²) < 4.78 is 0. The second kappa shape index (κ2) is 7.72. The Morgan fingerprint density at radius 3 is 2.48 bits per heavy atom. The fourth-order valence-corrected chi connectivity index (χ4v) is 5.51. The van der Waals surface area contributed by atoms with Crippen molar-refractivity contribution in [3.8, 4) is 10.6 Å². The maximum atomic E-state index is 13.1. The number of rotatable bonds is 3. The van der Waals surface area contributed by atoms with Gasteiger partial charge in [-0.15, -0.1) is 11.3 Å². The Bertz CT molecular complexity index is 830. The predicted octanol–water partition coefficient (Wildman–Crippen LogP) is 4.44. The number of hydrogen-bond donors (Lipinski definition) is 0. The maximum Gasteiger partial charge on any atom is 0.265 e. The second-order valence-electron chi connectivity index (χ2n) is 7.95. The predicted molar refractivity (Wildman–Crippen MR) is 111 cm³/mol. The number of nitrogens with zero attached hydrogens (tertiary/aromatic N) is 3. The lowest BCUT2D eigenvalue weighted by molar-refractivity contribution is 0.0577. The minimum atomic E-state index is 0.160. The van der Waals surface area contributed by atoms with E-state index >= 15 is 0 Å². The molecule has 4 rings (SSSR count). The van der Waals surface area contributed by atoms with E-state index in [1.54, 1.807) is 11.3 Å². The molecule has 0 bridgehead atoms. The van der Waals surface area contributed by atoms with Crippen LogP contribution in [0.25, 0.3) is 10.6 Å². The molecule has 0 unspecified atom stereocenters. The third-order valence-corrected chi connectivity index (χ3v) is 7.45. The summed E-state index contributed by atoms with van der Waals surface area (Å²) in [6, 6.07) is 7.05. The van der Waals surface area contributed by atoms with Crippen LogP contribution in [-0.4, -0.2) is 52.9 Å².